The summed E-state index contributed by atoms with van der Waals surface area (Å²) in [4.78, 5) is 35.3. The highest BCUT2D eigenvalue weighted by Gasteiger charge is 2.36. The standard InChI is InChI=1S/C17H28O6/c1-16(2,3)9-11(17(4,5)6)14(19)22-10-13(18)23-12-7-8-21-15(12)20/h11-12H,7-10H2,1-6H3. The normalized spacial score (nSPS) is 19.9. The molecule has 0 radical (unpaired) electrons. The van der Waals surface area contributed by atoms with Crippen molar-refractivity contribution in [3.63, 3.8) is 0 Å². The first-order valence-corrected chi connectivity index (χ1v) is 7.93. The van der Waals surface area contributed by atoms with Gasteiger partial charge in [0.2, 0.25) is 6.10 Å². The van der Waals surface area contributed by atoms with E-state index in [1.807, 2.05) is 20.8 Å². The van der Waals surface area contributed by atoms with Crippen LogP contribution in [-0.2, 0) is 28.6 Å². The van der Waals surface area contributed by atoms with E-state index in [1.165, 1.54) is 0 Å². The summed E-state index contributed by atoms with van der Waals surface area (Å²) in [5.41, 5.74) is -0.311. The maximum atomic E-state index is 12.4. The maximum absolute atomic E-state index is 12.4. The molecule has 132 valence electrons. The Labute approximate surface area is 137 Å². The largest absolute Gasteiger partial charge is 0.463 e. The highest BCUT2D eigenvalue weighted by Crippen LogP contribution is 2.36. The fourth-order valence-electron chi connectivity index (χ4n) is 2.36. The molecule has 0 aromatic rings. The van der Waals surface area contributed by atoms with Crippen molar-refractivity contribution in [3.05, 3.63) is 0 Å². The van der Waals surface area contributed by atoms with Gasteiger partial charge in [0.1, 0.15) is 0 Å². The molecular formula is C17H28O6. The van der Waals surface area contributed by atoms with Gasteiger partial charge in [-0.1, -0.05) is 41.5 Å². The van der Waals surface area contributed by atoms with Crippen LogP contribution in [0.3, 0.4) is 0 Å². The molecule has 0 saturated carbocycles. The molecule has 1 aliphatic heterocycles. The molecule has 0 aliphatic carbocycles. The summed E-state index contributed by atoms with van der Waals surface area (Å²) >= 11 is 0. The summed E-state index contributed by atoms with van der Waals surface area (Å²) in [6.45, 7) is 11.8. The third kappa shape index (κ3) is 6.59. The van der Waals surface area contributed by atoms with Crippen molar-refractivity contribution in [2.24, 2.45) is 16.7 Å². The van der Waals surface area contributed by atoms with E-state index in [9.17, 15) is 14.4 Å². The topological polar surface area (TPSA) is 78.9 Å². The van der Waals surface area contributed by atoms with Gasteiger partial charge in [-0.2, -0.15) is 0 Å². The van der Waals surface area contributed by atoms with Crippen LogP contribution in [0.5, 0.6) is 0 Å². The number of esters is 3. The number of hydrogen-bond acceptors (Lipinski definition) is 6. The minimum Gasteiger partial charge on any atom is -0.463 e. The summed E-state index contributed by atoms with van der Waals surface area (Å²) in [5, 5.41) is 0. The van der Waals surface area contributed by atoms with Gasteiger partial charge < -0.3 is 14.2 Å². The molecule has 1 rings (SSSR count). The van der Waals surface area contributed by atoms with Crippen molar-refractivity contribution in [1.29, 1.82) is 0 Å². The lowest BCUT2D eigenvalue weighted by atomic mass is 9.72. The molecule has 6 heteroatoms. The molecule has 6 nitrogen and oxygen atoms in total. The Kier molecular flexibility index (Phi) is 6.19. The minimum absolute atomic E-state index is 0.0366. The van der Waals surface area contributed by atoms with Crippen LogP contribution in [0.25, 0.3) is 0 Å². The first-order valence-electron chi connectivity index (χ1n) is 7.93. The number of rotatable bonds is 5. The average molecular weight is 328 g/mol. The van der Waals surface area contributed by atoms with Crippen LogP contribution in [-0.4, -0.2) is 37.2 Å². The molecule has 0 N–H and O–H groups in total. The summed E-state index contributed by atoms with van der Waals surface area (Å²) in [6, 6.07) is 0. The van der Waals surface area contributed by atoms with E-state index in [4.69, 9.17) is 14.2 Å². The zero-order valence-corrected chi connectivity index (χ0v) is 14.9. The SMILES string of the molecule is CC(C)(C)CC(C(=O)OCC(=O)OC1CCOC1=O)C(C)(C)C. The second kappa shape index (κ2) is 7.32. The molecule has 0 bridgehead atoms. The molecule has 0 aromatic carbocycles. The Bertz CT molecular complexity index is 455. The van der Waals surface area contributed by atoms with Crippen molar-refractivity contribution in [3.8, 4) is 0 Å². The molecule has 1 heterocycles. The molecule has 1 saturated heterocycles. The Morgan fingerprint density at radius 3 is 2.26 bits per heavy atom. The van der Waals surface area contributed by atoms with Crippen molar-refractivity contribution in [2.75, 3.05) is 13.2 Å². The Hall–Kier alpha value is -1.59. The summed E-state index contributed by atoms with van der Waals surface area (Å²) < 4.78 is 14.8. The van der Waals surface area contributed by atoms with Crippen LogP contribution in [0.15, 0.2) is 0 Å². The highest BCUT2D eigenvalue weighted by molar-refractivity contribution is 5.82. The Balaban J connectivity index is 2.54. The van der Waals surface area contributed by atoms with Crippen LogP contribution in [0, 0.1) is 16.7 Å². The van der Waals surface area contributed by atoms with Gasteiger partial charge in [-0.3, -0.25) is 4.79 Å². The smallest absolute Gasteiger partial charge is 0.347 e. The highest BCUT2D eigenvalue weighted by atomic mass is 16.6. The summed E-state index contributed by atoms with van der Waals surface area (Å²) in [7, 11) is 0. The van der Waals surface area contributed by atoms with Gasteiger partial charge in [-0.05, 0) is 17.3 Å². The van der Waals surface area contributed by atoms with Crippen molar-refractivity contribution < 1.29 is 28.6 Å². The first-order chi connectivity index (χ1) is 10.4. The van der Waals surface area contributed by atoms with Crippen molar-refractivity contribution in [2.45, 2.75) is 60.5 Å². The van der Waals surface area contributed by atoms with Gasteiger partial charge in [-0.15, -0.1) is 0 Å². The fourth-order valence-corrected chi connectivity index (χ4v) is 2.36. The first kappa shape index (κ1) is 19.5. The van der Waals surface area contributed by atoms with Crippen LogP contribution in [0.2, 0.25) is 0 Å². The van der Waals surface area contributed by atoms with Gasteiger partial charge in [0.25, 0.3) is 0 Å². The Morgan fingerprint density at radius 2 is 1.83 bits per heavy atom. The zero-order chi connectivity index (χ0) is 17.8. The lowest BCUT2D eigenvalue weighted by molar-refractivity contribution is -0.170. The predicted octanol–water partition coefficient (Wildman–Crippen LogP) is 2.49. The van der Waals surface area contributed by atoms with E-state index < -0.39 is 30.6 Å². The van der Waals surface area contributed by atoms with Gasteiger partial charge >= 0.3 is 17.9 Å². The van der Waals surface area contributed by atoms with E-state index in [0.717, 1.165) is 0 Å². The zero-order valence-electron chi connectivity index (χ0n) is 14.9. The monoisotopic (exact) mass is 328 g/mol. The van der Waals surface area contributed by atoms with Gasteiger partial charge in [-0.25, -0.2) is 9.59 Å². The number of hydrogen-bond donors (Lipinski definition) is 0. The Morgan fingerprint density at radius 1 is 1.22 bits per heavy atom. The van der Waals surface area contributed by atoms with Gasteiger partial charge in [0.15, 0.2) is 6.61 Å². The van der Waals surface area contributed by atoms with E-state index in [-0.39, 0.29) is 23.4 Å². The molecule has 0 amide bonds. The second-order valence-corrected chi connectivity index (χ2v) is 8.23. The fraction of sp³-hybridized carbons (Fsp3) is 0.824. The molecule has 0 spiro atoms. The minimum atomic E-state index is -0.880. The van der Waals surface area contributed by atoms with Gasteiger partial charge in [0, 0.05) is 6.42 Å². The summed E-state index contributed by atoms with van der Waals surface area (Å²) in [5.74, 6) is -2.03. The third-order valence-corrected chi connectivity index (χ3v) is 3.64. The van der Waals surface area contributed by atoms with Crippen molar-refractivity contribution >= 4 is 17.9 Å². The quantitative estimate of drug-likeness (QED) is 0.570. The molecule has 2 unspecified atom stereocenters. The molecule has 1 fully saturated rings. The van der Waals surface area contributed by atoms with Crippen LogP contribution in [0.4, 0.5) is 0 Å². The lowest BCUT2D eigenvalue weighted by Gasteiger charge is -2.33. The molecule has 2 atom stereocenters. The van der Waals surface area contributed by atoms with Crippen LogP contribution in [0.1, 0.15) is 54.4 Å². The van der Waals surface area contributed by atoms with E-state index in [1.54, 1.807) is 0 Å². The summed E-state index contributed by atoms with van der Waals surface area (Å²) in [6.07, 6.45) is 0.112. The molecule has 1 aliphatic rings. The average Bonchev–Trinajstić information content (AvgIpc) is 2.76. The molecule has 0 aromatic heterocycles. The van der Waals surface area contributed by atoms with Crippen molar-refractivity contribution in [1.82, 2.24) is 0 Å². The van der Waals surface area contributed by atoms with Crippen LogP contribution < -0.4 is 0 Å². The number of carbonyl (C=O) groups is 3. The van der Waals surface area contributed by atoms with Crippen LogP contribution >= 0.6 is 0 Å². The lowest BCUT2D eigenvalue weighted by Crippen LogP contribution is -2.35. The molecule has 23 heavy (non-hydrogen) atoms. The van der Waals surface area contributed by atoms with E-state index in [2.05, 4.69) is 20.8 Å². The molecular weight excluding hydrogens is 300 g/mol. The second-order valence-electron chi connectivity index (χ2n) is 8.23. The number of ether oxygens (including phenoxy) is 3. The van der Waals surface area contributed by atoms with E-state index >= 15 is 0 Å². The number of cyclic esters (lactones) is 1. The maximum Gasteiger partial charge on any atom is 0.347 e. The van der Waals surface area contributed by atoms with Gasteiger partial charge in [0.05, 0.1) is 12.5 Å². The third-order valence-electron chi connectivity index (χ3n) is 3.64. The predicted molar refractivity (Wildman–Crippen MR) is 83.4 cm³/mol. The van der Waals surface area contributed by atoms with E-state index in [0.29, 0.717) is 12.8 Å². The number of carbonyl (C=O) groups excluding carboxylic acids is 3.